The third-order valence-electron chi connectivity index (χ3n) is 6.04. The number of likely N-dealkylation sites (tertiary alicyclic amines) is 1. The second-order valence-electron chi connectivity index (χ2n) is 8.28. The van der Waals surface area contributed by atoms with Gasteiger partial charge in [-0.2, -0.15) is 10.2 Å². The molecule has 0 bridgehead atoms. The zero-order valence-corrected chi connectivity index (χ0v) is 16.7. The van der Waals surface area contributed by atoms with Crippen molar-refractivity contribution in [2.24, 2.45) is 5.92 Å². The van der Waals surface area contributed by atoms with Crippen LogP contribution in [-0.4, -0.2) is 46.0 Å². The molecule has 1 atom stereocenters. The number of carbonyl (C=O) groups is 2. The standard InChI is InChI=1S/C23H28N4O2/c28-22(26-21-3-1-2-4-21)14-18-7-5-17(6-8-18)13-19-10-12-27(16-19)23(29)20-9-11-24-25-15-20/h5-9,11,15,19,21H,1-4,10,12-14,16H2,(H,26,28). The smallest absolute Gasteiger partial charge is 0.255 e. The molecule has 2 heterocycles. The van der Waals surface area contributed by atoms with Crippen molar-refractivity contribution in [3.63, 3.8) is 0 Å². The third-order valence-corrected chi connectivity index (χ3v) is 6.04. The average Bonchev–Trinajstić information content (AvgIpc) is 3.42. The van der Waals surface area contributed by atoms with Crippen LogP contribution in [-0.2, 0) is 17.6 Å². The minimum absolute atomic E-state index is 0.0334. The molecule has 1 aliphatic heterocycles. The van der Waals surface area contributed by atoms with Crippen LogP contribution in [0.2, 0.25) is 0 Å². The first-order valence-corrected chi connectivity index (χ1v) is 10.6. The molecule has 0 radical (unpaired) electrons. The van der Waals surface area contributed by atoms with E-state index in [0.29, 0.717) is 23.9 Å². The summed E-state index contributed by atoms with van der Waals surface area (Å²) in [6, 6.07) is 10.4. The normalized spacial score (nSPS) is 19.4. The SMILES string of the molecule is O=C(Cc1ccc(CC2CCN(C(=O)c3ccnnc3)C2)cc1)NC1CCCC1. The summed E-state index contributed by atoms with van der Waals surface area (Å²) >= 11 is 0. The van der Waals surface area contributed by atoms with E-state index >= 15 is 0 Å². The summed E-state index contributed by atoms with van der Waals surface area (Å²) in [7, 11) is 0. The molecule has 1 aromatic heterocycles. The first kappa shape index (κ1) is 19.6. The lowest BCUT2D eigenvalue weighted by Crippen LogP contribution is -2.33. The number of hydrogen-bond acceptors (Lipinski definition) is 4. The van der Waals surface area contributed by atoms with Crippen LogP contribution in [0.1, 0.15) is 53.6 Å². The Hall–Kier alpha value is -2.76. The van der Waals surface area contributed by atoms with Crippen LogP contribution < -0.4 is 5.32 Å². The van der Waals surface area contributed by atoms with Crippen molar-refractivity contribution in [2.75, 3.05) is 13.1 Å². The zero-order valence-electron chi connectivity index (χ0n) is 16.7. The van der Waals surface area contributed by atoms with E-state index in [1.54, 1.807) is 12.3 Å². The van der Waals surface area contributed by atoms with Crippen LogP contribution >= 0.6 is 0 Å². The second kappa shape index (κ2) is 9.16. The van der Waals surface area contributed by atoms with E-state index in [4.69, 9.17) is 0 Å². The maximum atomic E-state index is 12.5. The molecule has 6 heteroatoms. The Balaban J connectivity index is 1.26. The van der Waals surface area contributed by atoms with Gasteiger partial charge in [-0.1, -0.05) is 37.1 Å². The number of aromatic nitrogens is 2. The molecular weight excluding hydrogens is 364 g/mol. The van der Waals surface area contributed by atoms with E-state index in [2.05, 4.69) is 39.8 Å². The quantitative estimate of drug-likeness (QED) is 0.820. The van der Waals surface area contributed by atoms with Crippen molar-refractivity contribution in [1.29, 1.82) is 0 Å². The van der Waals surface area contributed by atoms with Gasteiger partial charge in [-0.3, -0.25) is 9.59 Å². The number of rotatable bonds is 6. The first-order valence-electron chi connectivity index (χ1n) is 10.6. The third kappa shape index (κ3) is 5.19. The number of nitrogens with zero attached hydrogens (tertiary/aromatic N) is 3. The second-order valence-corrected chi connectivity index (χ2v) is 8.28. The van der Waals surface area contributed by atoms with Gasteiger partial charge in [-0.15, -0.1) is 0 Å². The lowest BCUT2D eigenvalue weighted by molar-refractivity contribution is -0.121. The predicted molar refractivity (Wildman–Crippen MR) is 110 cm³/mol. The number of benzene rings is 1. The summed E-state index contributed by atoms with van der Waals surface area (Å²) in [6.07, 6.45) is 10.2. The zero-order chi connectivity index (χ0) is 20.1. The lowest BCUT2D eigenvalue weighted by atomic mass is 9.97. The summed E-state index contributed by atoms with van der Waals surface area (Å²) < 4.78 is 0. The van der Waals surface area contributed by atoms with E-state index in [9.17, 15) is 9.59 Å². The molecule has 29 heavy (non-hydrogen) atoms. The molecule has 1 unspecified atom stereocenters. The van der Waals surface area contributed by atoms with Crippen molar-refractivity contribution < 1.29 is 9.59 Å². The van der Waals surface area contributed by atoms with Gasteiger partial charge < -0.3 is 10.2 Å². The molecule has 2 aliphatic rings. The van der Waals surface area contributed by atoms with Gasteiger partial charge in [-0.05, 0) is 48.8 Å². The van der Waals surface area contributed by atoms with E-state index in [0.717, 1.165) is 44.3 Å². The van der Waals surface area contributed by atoms with Crippen LogP contribution in [0.4, 0.5) is 0 Å². The molecule has 1 aliphatic carbocycles. The van der Waals surface area contributed by atoms with Crippen molar-refractivity contribution in [1.82, 2.24) is 20.4 Å². The molecule has 1 aromatic carbocycles. The van der Waals surface area contributed by atoms with Crippen LogP contribution in [0, 0.1) is 5.92 Å². The number of amides is 2. The first-order chi connectivity index (χ1) is 14.2. The van der Waals surface area contributed by atoms with Gasteiger partial charge in [0, 0.05) is 19.1 Å². The number of carbonyl (C=O) groups excluding carboxylic acids is 2. The summed E-state index contributed by atoms with van der Waals surface area (Å²) in [4.78, 5) is 26.6. The summed E-state index contributed by atoms with van der Waals surface area (Å²) in [5.74, 6) is 0.622. The van der Waals surface area contributed by atoms with E-state index < -0.39 is 0 Å². The van der Waals surface area contributed by atoms with Crippen molar-refractivity contribution >= 4 is 11.8 Å². The molecule has 4 rings (SSSR count). The van der Waals surface area contributed by atoms with Gasteiger partial charge in [0.1, 0.15) is 0 Å². The van der Waals surface area contributed by atoms with Gasteiger partial charge >= 0.3 is 0 Å². The van der Waals surface area contributed by atoms with Crippen LogP contribution in [0.3, 0.4) is 0 Å². The van der Waals surface area contributed by atoms with Crippen LogP contribution in [0.15, 0.2) is 42.7 Å². The Labute approximate surface area is 171 Å². The van der Waals surface area contributed by atoms with Gasteiger partial charge in [0.25, 0.3) is 5.91 Å². The molecule has 2 aromatic rings. The summed E-state index contributed by atoms with van der Waals surface area (Å²) in [5.41, 5.74) is 2.91. The number of hydrogen-bond donors (Lipinski definition) is 1. The summed E-state index contributed by atoms with van der Waals surface area (Å²) in [6.45, 7) is 1.55. The largest absolute Gasteiger partial charge is 0.353 e. The molecule has 1 saturated carbocycles. The predicted octanol–water partition coefficient (Wildman–Crippen LogP) is 2.78. The monoisotopic (exact) mass is 392 g/mol. The highest BCUT2D eigenvalue weighted by molar-refractivity contribution is 5.93. The minimum atomic E-state index is 0.0334. The van der Waals surface area contributed by atoms with Crippen LogP contribution in [0.25, 0.3) is 0 Å². The van der Waals surface area contributed by atoms with E-state index in [1.807, 2.05) is 4.90 Å². The highest BCUT2D eigenvalue weighted by Gasteiger charge is 2.27. The highest BCUT2D eigenvalue weighted by Crippen LogP contribution is 2.23. The highest BCUT2D eigenvalue weighted by atomic mass is 16.2. The Kier molecular flexibility index (Phi) is 6.17. The molecular formula is C23H28N4O2. The molecule has 0 spiro atoms. The van der Waals surface area contributed by atoms with E-state index in [1.165, 1.54) is 24.6 Å². The van der Waals surface area contributed by atoms with Gasteiger partial charge in [0.2, 0.25) is 5.91 Å². The van der Waals surface area contributed by atoms with Crippen molar-refractivity contribution in [3.8, 4) is 0 Å². The fourth-order valence-corrected chi connectivity index (χ4v) is 4.44. The van der Waals surface area contributed by atoms with Crippen molar-refractivity contribution in [3.05, 3.63) is 59.4 Å². The van der Waals surface area contributed by atoms with Gasteiger partial charge in [-0.25, -0.2) is 0 Å². The number of nitrogens with one attached hydrogen (secondary N) is 1. The Morgan fingerprint density at radius 3 is 2.48 bits per heavy atom. The maximum absolute atomic E-state index is 12.5. The molecule has 1 saturated heterocycles. The minimum Gasteiger partial charge on any atom is -0.353 e. The maximum Gasteiger partial charge on any atom is 0.255 e. The van der Waals surface area contributed by atoms with Gasteiger partial charge in [0.15, 0.2) is 0 Å². The topological polar surface area (TPSA) is 75.2 Å². The fraction of sp³-hybridized carbons (Fsp3) is 0.478. The van der Waals surface area contributed by atoms with Gasteiger partial charge in [0.05, 0.1) is 24.4 Å². The summed E-state index contributed by atoms with van der Waals surface area (Å²) in [5, 5.41) is 10.7. The molecule has 2 fully saturated rings. The Bertz CT molecular complexity index is 832. The van der Waals surface area contributed by atoms with Crippen molar-refractivity contribution in [2.45, 2.75) is 51.0 Å². The lowest BCUT2D eigenvalue weighted by Gasteiger charge is -2.16. The fourth-order valence-electron chi connectivity index (χ4n) is 4.44. The average molecular weight is 393 g/mol. The van der Waals surface area contributed by atoms with Crippen LogP contribution in [0.5, 0.6) is 0 Å². The Morgan fingerprint density at radius 1 is 1.00 bits per heavy atom. The molecule has 152 valence electrons. The molecule has 1 N–H and O–H groups in total. The molecule has 6 nitrogen and oxygen atoms in total. The Morgan fingerprint density at radius 2 is 1.76 bits per heavy atom. The van der Waals surface area contributed by atoms with E-state index in [-0.39, 0.29) is 11.8 Å². The molecule has 2 amide bonds.